The van der Waals surface area contributed by atoms with Gasteiger partial charge >= 0.3 is 5.97 Å². The van der Waals surface area contributed by atoms with Crippen molar-refractivity contribution in [1.29, 1.82) is 0 Å². The third kappa shape index (κ3) is 1.88. The van der Waals surface area contributed by atoms with E-state index in [1.807, 2.05) is 0 Å². The number of carbonyl (C=O) groups is 1. The number of hydrogen-bond acceptors (Lipinski definition) is 9. The Labute approximate surface area is 202 Å². The lowest BCUT2D eigenvalue weighted by Crippen LogP contribution is -2.75. The molecule has 0 aromatic carbocycles. The first kappa shape index (κ1) is 23.8. The predicted molar refractivity (Wildman–Crippen MR) is 119 cm³/mol. The Bertz CT molecular complexity index is 1090. The number of aliphatic hydroxyl groups excluding tert-OH is 2. The van der Waals surface area contributed by atoms with Crippen LogP contribution in [-0.4, -0.2) is 88.6 Å². The fourth-order valence-corrected chi connectivity index (χ4v) is 9.59. The van der Waals surface area contributed by atoms with Crippen LogP contribution in [0.25, 0.3) is 0 Å². The Morgan fingerprint density at radius 3 is 2.54 bits per heavy atom. The van der Waals surface area contributed by atoms with Gasteiger partial charge in [-0.3, -0.25) is 0 Å². The molecule has 6 bridgehead atoms. The maximum Gasteiger partial charge on any atom is 0.355 e. The van der Waals surface area contributed by atoms with Gasteiger partial charge in [0.2, 0.25) is 0 Å². The van der Waals surface area contributed by atoms with Crippen molar-refractivity contribution in [2.45, 2.75) is 87.4 Å². The highest BCUT2D eigenvalue weighted by molar-refractivity contribution is 5.87. The number of ether oxygens (including phenoxy) is 2. The number of esters is 1. The molecule has 1 spiro atoms. The molecule has 3 heterocycles. The molecule has 7 rings (SSSR count). The van der Waals surface area contributed by atoms with Gasteiger partial charge in [0.1, 0.15) is 28.6 Å². The van der Waals surface area contributed by atoms with E-state index in [9.17, 15) is 35.4 Å². The van der Waals surface area contributed by atoms with Crippen molar-refractivity contribution >= 4 is 5.97 Å². The smallest absolute Gasteiger partial charge is 0.355 e. The first-order valence-electron chi connectivity index (χ1n) is 12.4. The summed E-state index contributed by atoms with van der Waals surface area (Å²) in [5.74, 6) is -5.31. The van der Waals surface area contributed by atoms with Crippen molar-refractivity contribution in [3.8, 4) is 0 Å². The SMILES string of the molecule is CC(C)[C@@]1(O)[C@@H](OC(=O)c2ccc[nH]2)[C@H]2[C@@]3(CO)C[C@]4(O)O[C@@]5([C@H](O)[C@@H](C)CC[C@]35O)[C@@]2(O)[C@]14C. The summed E-state index contributed by atoms with van der Waals surface area (Å²) < 4.78 is 12.2. The van der Waals surface area contributed by atoms with Crippen LogP contribution in [0.15, 0.2) is 18.3 Å². The molecule has 10 heteroatoms. The number of nitrogens with one attached hydrogen (secondary N) is 1. The van der Waals surface area contributed by atoms with Crippen molar-refractivity contribution in [2.75, 3.05) is 6.61 Å². The highest BCUT2D eigenvalue weighted by Crippen LogP contribution is 2.89. The van der Waals surface area contributed by atoms with E-state index >= 15 is 0 Å². The number of aromatic amines is 1. The van der Waals surface area contributed by atoms with E-state index in [4.69, 9.17) is 9.47 Å². The molecule has 0 unspecified atom stereocenters. The maximum absolute atomic E-state index is 13.2. The second-order valence-electron chi connectivity index (χ2n) is 12.2. The normalized spacial score (nSPS) is 57.7. The zero-order valence-electron chi connectivity index (χ0n) is 20.4. The standard InChI is InChI=1S/C25H35NO9/c1-12(2)23(32)17(34-18(29)14-6-5-9-26-14)15-20(11-27)10-22(31)19(23,4)24(15,33)25(35-22)16(28)13(3)7-8-21(20,25)30/h5-6,9,12-13,15-17,26-28,30-33H,7-8,10-11H2,1-4H3/t13-,15-,16+,17-,19-,20-,21-,22-,23+,24-,25+/m0/s1. The highest BCUT2D eigenvalue weighted by atomic mass is 16.7. The van der Waals surface area contributed by atoms with E-state index in [1.54, 1.807) is 33.0 Å². The fraction of sp³-hybridized carbons (Fsp3) is 0.800. The summed E-state index contributed by atoms with van der Waals surface area (Å²) >= 11 is 0. The van der Waals surface area contributed by atoms with E-state index in [2.05, 4.69) is 4.98 Å². The van der Waals surface area contributed by atoms with Crippen LogP contribution in [0.1, 0.15) is 57.4 Å². The summed E-state index contributed by atoms with van der Waals surface area (Å²) in [4.78, 5) is 15.9. The van der Waals surface area contributed by atoms with Gasteiger partial charge in [-0.05, 0) is 43.7 Å². The maximum atomic E-state index is 13.2. The third-order valence-electron chi connectivity index (χ3n) is 11.1. The second-order valence-corrected chi connectivity index (χ2v) is 12.2. The van der Waals surface area contributed by atoms with Gasteiger partial charge in [0.15, 0.2) is 11.4 Å². The van der Waals surface area contributed by atoms with Gasteiger partial charge in [-0.25, -0.2) is 4.79 Å². The lowest BCUT2D eigenvalue weighted by molar-refractivity contribution is -0.390. The summed E-state index contributed by atoms with van der Waals surface area (Å²) in [7, 11) is 0. The summed E-state index contributed by atoms with van der Waals surface area (Å²) in [6, 6.07) is 3.13. The predicted octanol–water partition coefficient (Wildman–Crippen LogP) is -0.330. The van der Waals surface area contributed by atoms with Gasteiger partial charge in [-0.2, -0.15) is 0 Å². The molecule has 1 aromatic rings. The highest BCUT2D eigenvalue weighted by Gasteiger charge is 3.06. The molecule has 35 heavy (non-hydrogen) atoms. The van der Waals surface area contributed by atoms with E-state index in [0.29, 0.717) is 6.42 Å². The van der Waals surface area contributed by atoms with Gasteiger partial charge in [-0.1, -0.05) is 20.8 Å². The van der Waals surface area contributed by atoms with Crippen LogP contribution < -0.4 is 0 Å². The lowest BCUT2D eigenvalue weighted by atomic mass is 9.54. The molecule has 2 aliphatic heterocycles. The molecule has 0 radical (unpaired) electrons. The molecule has 4 aliphatic carbocycles. The number of rotatable bonds is 4. The Morgan fingerprint density at radius 2 is 1.97 bits per heavy atom. The number of carbonyl (C=O) groups excluding carboxylic acids is 1. The summed E-state index contributed by atoms with van der Waals surface area (Å²) in [5, 5.41) is 72.1. The van der Waals surface area contributed by atoms with E-state index < -0.39 is 81.6 Å². The fourth-order valence-electron chi connectivity index (χ4n) is 9.59. The summed E-state index contributed by atoms with van der Waals surface area (Å²) in [5.41, 5.74) is -11.7. The molecule has 6 aliphatic rings. The monoisotopic (exact) mass is 493 g/mol. The van der Waals surface area contributed by atoms with Crippen molar-refractivity contribution in [2.24, 2.45) is 28.6 Å². The van der Waals surface area contributed by atoms with Crippen molar-refractivity contribution in [3.05, 3.63) is 24.0 Å². The van der Waals surface area contributed by atoms with E-state index in [0.717, 1.165) is 0 Å². The van der Waals surface area contributed by atoms with Gasteiger partial charge < -0.3 is 45.1 Å². The molecule has 11 atom stereocenters. The topological polar surface area (TPSA) is 173 Å². The molecular weight excluding hydrogens is 458 g/mol. The van der Waals surface area contributed by atoms with Crippen LogP contribution in [0.4, 0.5) is 0 Å². The molecule has 1 aromatic heterocycles. The molecule has 0 amide bonds. The van der Waals surface area contributed by atoms with E-state index in [-0.39, 0.29) is 18.5 Å². The Balaban J connectivity index is 1.66. The zero-order valence-corrected chi connectivity index (χ0v) is 20.4. The Hall–Kier alpha value is -1.53. The van der Waals surface area contributed by atoms with E-state index in [1.165, 1.54) is 13.0 Å². The number of aliphatic hydroxyl groups is 6. The first-order chi connectivity index (χ1) is 16.2. The number of hydrogen-bond donors (Lipinski definition) is 7. The molecule has 6 fully saturated rings. The average Bonchev–Trinajstić information content (AvgIpc) is 3.43. The molecule has 4 saturated carbocycles. The average molecular weight is 494 g/mol. The molecular formula is C25H35NO9. The minimum atomic E-state index is -2.24. The Kier molecular flexibility index (Phi) is 4.29. The quantitative estimate of drug-likeness (QED) is 0.277. The van der Waals surface area contributed by atoms with Gasteiger partial charge in [-0.15, -0.1) is 0 Å². The number of aromatic nitrogens is 1. The molecule has 7 N–H and O–H groups in total. The lowest BCUT2D eigenvalue weighted by Gasteiger charge is -2.60. The van der Waals surface area contributed by atoms with Crippen molar-refractivity contribution < 1.29 is 44.9 Å². The largest absolute Gasteiger partial charge is 0.454 e. The first-order valence-corrected chi connectivity index (χ1v) is 12.4. The van der Waals surface area contributed by atoms with Crippen LogP contribution in [0.3, 0.4) is 0 Å². The zero-order chi connectivity index (χ0) is 25.6. The summed E-state index contributed by atoms with van der Waals surface area (Å²) in [6.45, 7) is 5.95. The van der Waals surface area contributed by atoms with Gasteiger partial charge in [0.05, 0.1) is 18.1 Å². The van der Waals surface area contributed by atoms with Crippen molar-refractivity contribution in [1.82, 2.24) is 4.98 Å². The number of H-pyrrole nitrogens is 1. The van der Waals surface area contributed by atoms with Crippen LogP contribution in [0.2, 0.25) is 0 Å². The molecule has 194 valence electrons. The Morgan fingerprint density at radius 1 is 1.29 bits per heavy atom. The van der Waals surface area contributed by atoms with Crippen LogP contribution in [-0.2, 0) is 9.47 Å². The van der Waals surface area contributed by atoms with Gasteiger partial charge in [0, 0.05) is 24.0 Å². The minimum Gasteiger partial charge on any atom is -0.454 e. The van der Waals surface area contributed by atoms with Gasteiger partial charge in [0.25, 0.3) is 0 Å². The van der Waals surface area contributed by atoms with Crippen molar-refractivity contribution in [3.63, 3.8) is 0 Å². The molecule has 2 saturated heterocycles. The van der Waals surface area contributed by atoms with Crippen LogP contribution in [0, 0.1) is 28.6 Å². The van der Waals surface area contributed by atoms with Crippen LogP contribution in [0.5, 0.6) is 0 Å². The molecule has 10 nitrogen and oxygen atoms in total. The third-order valence-corrected chi connectivity index (χ3v) is 11.1. The van der Waals surface area contributed by atoms with Crippen LogP contribution >= 0.6 is 0 Å². The minimum absolute atomic E-state index is 0.0914. The summed E-state index contributed by atoms with van der Waals surface area (Å²) in [6.07, 6.45) is -1.10. The second kappa shape index (κ2) is 6.30.